The van der Waals surface area contributed by atoms with Crippen LogP contribution in [0.5, 0.6) is 11.6 Å². The predicted molar refractivity (Wildman–Crippen MR) is 70.5 cm³/mol. The molecule has 21 heavy (non-hydrogen) atoms. The van der Waals surface area contributed by atoms with E-state index < -0.39 is 11.7 Å². The number of halogens is 4. The van der Waals surface area contributed by atoms with Crippen molar-refractivity contribution >= 4 is 23.7 Å². The maximum Gasteiger partial charge on any atom is 0.417 e. The molecule has 1 heterocycles. The van der Waals surface area contributed by atoms with Crippen molar-refractivity contribution in [1.29, 1.82) is 0 Å². The summed E-state index contributed by atoms with van der Waals surface area (Å²) in [6.45, 7) is 0. The van der Waals surface area contributed by atoms with Gasteiger partial charge in [-0.15, -0.1) is 0 Å². The van der Waals surface area contributed by atoms with Crippen molar-refractivity contribution < 1.29 is 22.7 Å². The van der Waals surface area contributed by atoms with Gasteiger partial charge in [-0.1, -0.05) is 17.7 Å². The molecule has 8 heteroatoms. The molecule has 1 aromatic carbocycles. The molecule has 0 saturated carbocycles. The van der Waals surface area contributed by atoms with E-state index in [1.54, 1.807) is 18.2 Å². The van der Waals surface area contributed by atoms with Crippen LogP contribution in [0.3, 0.4) is 0 Å². The van der Waals surface area contributed by atoms with E-state index in [1.165, 1.54) is 6.07 Å². The third-order valence-electron chi connectivity index (χ3n) is 2.41. The van der Waals surface area contributed by atoms with Crippen LogP contribution >= 0.6 is 11.6 Å². The largest absolute Gasteiger partial charge is 0.437 e. The molecule has 110 valence electrons. The van der Waals surface area contributed by atoms with E-state index in [0.29, 0.717) is 18.3 Å². The number of benzene rings is 1. The van der Waals surface area contributed by atoms with Crippen molar-refractivity contribution in [3.8, 4) is 11.6 Å². The molecule has 0 aliphatic heterocycles. The monoisotopic (exact) mass is 316 g/mol. The van der Waals surface area contributed by atoms with E-state index in [-0.39, 0.29) is 16.7 Å². The molecule has 0 atom stereocenters. The highest BCUT2D eigenvalue weighted by atomic mass is 35.5. The second-order valence-electron chi connectivity index (χ2n) is 3.90. The number of hydrogen-bond donors (Lipinski definition) is 1. The van der Waals surface area contributed by atoms with Gasteiger partial charge in [-0.3, -0.25) is 4.79 Å². The molecule has 1 aromatic heterocycles. The van der Waals surface area contributed by atoms with Crippen LogP contribution in [-0.2, 0) is 11.0 Å². The minimum atomic E-state index is -4.52. The highest BCUT2D eigenvalue weighted by molar-refractivity contribution is 6.31. The zero-order valence-corrected chi connectivity index (χ0v) is 11.1. The number of amides is 1. The van der Waals surface area contributed by atoms with Crippen molar-refractivity contribution in [2.45, 2.75) is 6.18 Å². The molecule has 0 bridgehead atoms. The summed E-state index contributed by atoms with van der Waals surface area (Å²) in [5.74, 6) is 0.115. The summed E-state index contributed by atoms with van der Waals surface area (Å²) >= 11 is 5.73. The Kier molecular flexibility index (Phi) is 4.32. The zero-order valence-electron chi connectivity index (χ0n) is 10.3. The van der Waals surface area contributed by atoms with Crippen LogP contribution in [0, 0.1) is 0 Å². The molecule has 2 rings (SSSR count). The quantitative estimate of drug-likeness (QED) is 0.863. The summed E-state index contributed by atoms with van der Waals surface area (Å²) in [4.78, 5) is 13.9. The Balaban J connectivity index is 2.24. The lowest BCUT2D eigenvalue weighted by molar-refractivity contribution is -0.137. The number of nitrogens with one attached hydrogen (secondary N) is 1. The number of hydrogen-bond acceptors (Lipinski definition) is 3. The van der Waals surface area contributed by atoms with Crippen LogP contribution in [0.4, 0.5) is 18.9 Å². The average Bonchev–Trinajstić information content (AvgIpc) is 2.41. The van der Waals surface area contributed by atoms with Gasteiger partial charge in [0.15, 0.2) is 0 Å². The fourth-order valence-corrected chi connectivity index (χ4v) is 1.69. The van der Waals surface area contributed by atoms with Gasteiger partial charge in [0.25, 0.3) is 0 Å². The molecule has 1 amide bonds. The molecule has 0 aliphatic carbocycles. The minimum Gasteiger partial charge on any atom is -0.437 e. The van der Waals surface area contributed by atoms with Crippen molar-refractivity contribution in [3.05, 3.63) is 47.1 Å². The van der Waals surface area contributed by atoms with Gasteiger partial charge in [0.1, 0.15) is 10.8 Å². The Morgan fingerprint density at radius 2 is 2.05 bits per heavy atom. The van der Waals surface area contributed by atoms with Crippen molar-refractivity contribution in [2.75, 3.05) is 5.32 Å². The Morgan fingerprint density at radius 1 is 1.29 bits per heavy atom. The van der Waals surface area contributed by atoms with Crippen molar-refractivity contribution in [2.24, 2.45) is 0 Å². The lowest BCUT2D eigenvalue weighted by Gasteiger charge is -2.10. The van der Waals surface area contributed by atoms with Gasteiger partial charge in [-0.2, -0.15) is 13.2 Å². The molecular weight excluding hydrogens is 309 g/mol. The fourth-order valence-electron chi connectivity index (χ4n) is 1.48. The first-order valence-corrected chi connectivity index (χ1v) is 5.99. The average molecular weight is 317 g/mol. The lowest BCUT2D eigenvalue weighted by atomic mass is 10.3. The number of rotatable bonds is 4. The summed E-state index contributed by atoms with van der Waals surface area (Å²) in [6, 6.07) is 6.97. The standard InChI is InChI=1S/C13H8ClF3N2O2/c14-11-4-8(13(15,16)17)6-18-12(11)21-10-3-1-2-9(5-10)19-7-20/h1-7H,(H,19,20). The van der Waals surface area contributed by atoms with Crippen molar-refractivity contribution in [3.63, 3.8) is 0 Å². The van der Waals surface area contributed by atoms with Crippen LogP contribution in [0.1, 0.15) is 5.56 Å². The highest BCUT2D eigenvalue weighted by Gasteiger charge is 2.31. The molecule has 0 fully saturated rings. The van der Waals surface area contributed by atoms with E-state index >= 15 is 0 Å². The van der Waals surface area contributed by atoms with Crippen LogP contribution in [0.25, 0.3) is 0 Å². The van der Waals surface area contributed by atoms with E-state index in [4.69, 9.17) is 16.3 Å². The van der Waals surface area contributed by atoms with Crippen molar-refractivity contribution in [1.82, 2.24) is 4.98 Å². The van der Waals surface area contributed by atoms with Crippen LogP contribution in [-0.4, -0.2) is 11.4 Å². The Morgan fingerprint density at radius 3 is 2.67 bits per heavy atom. The second kappa shape index (κ2) is 6.01. The van der Waals surface area contributed by atoms with E-state index in [2.05, 4.69) is 10.3 Å². The first-order valence-electron chi connectivity index (χ1n) is 5.61. The molecule has 0 radical (unpaired) electrons. The minimum absolute atomic E-state index is 0.159. The first-order chi connectivity index (χ1) is 9.90. The topological polar surface area (TPSA) is 51.2 Å². The van der Waals surface area contributed by atoms with Gasteiger partial charge in [0.2, 0.25) is 12.3 Å². The summed E-state index contributed by atoms with van der Waals surface area (Å²) in [5, 5.41) is 2.15. The van der Waals surface area contributed by atoms with E-state index in [1.807, 2.05) is 0 Å². The Labute approximate surface area is 122 Å². The van der Waals surface area contributed by atoms with Crippen LogP contribution < -0.4 is 10.1 Å². The number of pyridine rings is 1. The number of anilines is 1. The predicted octanol–water partition coefficient (Wildman–Crippen LogP) is 4.11. The van der Waals surface area contributed by atoms with Gasteiger partial charge >= 0.3 is 6.18 Å². The molecule has 0 spiro atoms. The molecule has 2 aromatic rings. The molecular formula is C13H8ClF3N2O2. The van der Waals surface area contributed by atoms with Crippen LogP contribution in [0.2, 0.25) is 5.02 Å². The molecule has 4 nitrogen and oxygen atoms in total. The molecule has 0 saturated heterocycles. The zero-order chi connectivity index (χ0) is 15.5. The van der Waals surface area contributed by atoms with Gasteiger partial charge < -0.3 is 10.1 Å². The second-order valence-corrected chi connectivity index (χ2v) is 4.31. The third-order valence-corrected chi connectivity index (χ3v) is 2.68. The number of carbonyl (C=O) groups excluding carboxylic acids is 1. The number of nitrogens with zero attached hydrogens (tertiary/aromatic N) is 1. The normalized spacial score (nSPS) is 11.0. The lowest BCUT2D eigenvalue weighted by Crippen LogP contribution is -2.05. The van der Waals surface area contributed by atoms with Gasteiger partial charge in [-0.05, 0) is 18.2 Å². The van der Waals surface area contributed by atoms with Gasteiger partial charge in [0.05, 0.1) is 5.56 Å². The first kappa shape index (κ1) is 15.1. The molecule has 1 N–H and O–H groups in total. The maximum absolute atomic E-state index is 12.5. The Bertz CT molecular complexity index is 662. The molecule has 0 unspecified atom stereocenters. The van der Waals surface area contributed by atoms with Gasteiger partial charge in [0, 0.05) is 18.0 Å². The fraction of sp³-hybridized carbons (Fsp3) is 0.0769. The number of carbonyl (C=O) groups is 1. The molecule has 0 aliphatic rings. The summed E-state index contributed by atoms with van der Waals surface area (Å²) in [6.07, 6.45) is -3.40. The third kappa shape index (κ3) is 3.85. The SMILES string of the molecule is O=CNc1cccc(Oc2ncc(C(F)(F)F)cc2Cl)c1. The highest BCUT2D eigenvalue weighted by Crippen LogP contribution is 2.34. The smallest absolute Gasteiger partial charge is 0.417 e. The summed E-state index contributed by atoms with van der Waals surface area (Å²) < 4.78 is 42.7. The number of alkyl halides is 3. The van der Waals surface area contributed by atoms with Gasteiger partial charge in [-0.25, -0.2) is 4.98 Å². The maximum atomic E-state index is 12.5. The Hall–Kier alpha value is -2.28. The van der Waals surface area contributed by atoms with E-state index in [0.717, 1.165) is 6.07 Å². The number of ether oxygens (including phenoxy) is 1. The summed E-state index contributed by atoms with van der Waals surface area (Å²) in [7, 11) is 0. The van der Waals surface area contributed by atoms with E-state index in [9.17, 15) is 18.0 Å². The summed E-state index contributed by atoms with van der Waals surface area (Å²) in [5.41, 5.74) is -0.498. The number of aromatic nitrogens is 1. The van der Waals surface area contributed by atoms with Crippen LogP contribution in [0.15, 0.2) is 36.5 Å².